The second kappa shape index (κ2) is 9.97. The summed E-state index contributed by atoms with van der Waals surface area (Å²) in [5, 5.41) is 10.5. The predicted molar refractivity (Wildman–Crippen MR) is 140 cm³/mol. The van der Waals surface area contributed by atoms with Gasteiger partial charge < -0.3 is 19.1 Å². The Morgan fingerprint density at radius 2 is 1.86 bits per heavy atom. The minimum absolute atomic E-state index is 0.272. The highest BCUT2D eigenvalue weighted by Gasteiger charge is 2.23. The number of nitrogens with zero attached hydrogens (tertiary/aromatic N) is 3. The third kappa shape index (κ3) is 4.69. The summed E-state index contributed by atoms with van der Waals surface area (Å²) >= 11 is 2.82. The number of fused-ring (bicyclic) bond motifs is 2. The topological polar surface area (TPSA) is 86.5 Å². The number of thioether (sulfide) groups is 1. The molecule has 0 bridgehead atoms. The first kappa shape index (κ1) is 23.2. The third-order valence-electron chi connectivity index (χ3n) is 5.68. The van der Waals surface area contributed by atoms with Crippen LogP contribution in [-0.2, 0) is 6.54 Å². The van der Waals surface area contributed by atoms with Crippen LogP contribution in [0.1, 0.15) is 18.9 Å². The molecule has 0 amide bonds. The molecule has 9 heteroatoms. The molecule has 0 fully saturated rings. The molecule has 5 rings (SSSR count). The van der Waals surface area contributed by atoms with Crippen molar-refractivity contribution in [2.45, 2.75) is 24.8 Å². The van der Waals surface area contributed by atoms with E-state index < -0.39 is 6.16 Å². The van der Waals surface area contributed by atoms with Crippen LogP contribution in [0, 0.1) is 0 Å². The molecule has 0 aliphatic carbocycles. The SMILES string of the molecule is CCCOc1ccc2c(c1)c(-c1ccc(SC)cc1)c(OC(=O)O)n2Cc1ccc2nsnc2c1. The van der Waals surface area contributed by atoms with Gasteiger partial charge in [-0.3, -0.25) is 0 Å². The molecule has 0 saturated heterocycles. The number of ether oxygens (including phenoxy) is 2. The van der Waals surface area contributed by atoms with Crippen LogP contribution in [0.4, 0.5) is 4.79 Å². The van der Waals surface area contributed by atoms with Crippen molar-refractivity contribution < 1.29 is 19.4 Å². The van der Waals surface area contributed by atoms with Crippen LogP contribution >= 0.6 is 23.5 Å². The van der Waals surface area contributed by atoms with Gasteiger partial charge in [0.1, 0.15) is 16.8 Å². The highest BCUT2D eigenvalue weighted by molar-refractivity contribution is 7.98. The van der Waals surface area contributed by atoms with Crippen molar-refractivity contribution in [3.63, 3.8) is 0 Å². The Balaban J connectivity index is 1.72. The minimum Gasteiger partial charge on any atom is -0.494 e. The highest BCUT2D eigenvalue weighted by Crippen LogP contribution is 2.42. The molecule has 3 aromatic carbocycles. The van der Waals surface area contributed by atoms with Crippen molar-refractivity contribution in [2.24, 2.45) is 0 Å². The second-order valence-electron chi connectivity index (χ2n) is 7.98. The molecule has 0 spiro atoms. The van der Waals surface area contributed by atoms with Crippen molar-refractivity contribution in [2.75, 3.05) is 12.9 Å². The lowest BCUT2D eigenvalue weighted by Crippen LogP contribution is -2.10. The monoisotopic (exact) mass is 505 g/mol. The Kier molecular flexibility index (Phi) is 6.61. The third-order valence-corrected chi connectivity index (χ3v) is 6.98. The summed E-state index contributed by atoms with van der Waals surface area (Å²) in [6, 6.07) is 19.7. The van der Waals surface area contributed by atoms with Gasteiger partial charge in [-0.2, -0.15) is 8.75 Å². The Morgan fingerprint density at radius 1 is 1.06 bits per heavy atom. The molecule has 178 valence electrons. The molecule has 0 unspecified atom stereocenters. The summed E-state index contributed by atoms with van der Waals surface area (Å²) in [5.41, 5.74) is 5.06. The summed E-state index contributed by atoms with van der Waals surface area (Å²) in [5.74, 6) is 1.00. The van der Waals surface area contributed by atoms with Crippen molar-refractivity contribution in [3.8, 4) is 22.8 Å². The van der Waals surface area contributed by atoms with Crippen molar-refractivity contribution in [1.29, 1.82) is 0 Å². The number of rotatable bonds is 8. The van der Waals surface area contributed by atoms with Crippen LogP contribution in [0.25, 0.3) is 33.1 Å². The van der Waals surface area contributed by atoms with Crippen molar-refractivity contribution in [1.82, 2.24) is 13.3 Å². The van der Waals surface area contributed by atoms with Crippen LogP contribution in [0.3, 0.4) is 0 Å². The Hall–Kier alpha value is -3.56. The second-order valence-corrected chi connectivity index (χ2v) is 9.39. The van der Waals surface area contributed by atoms with Gasteiger partial charge in [-0.25, -0.2) is 4.79 Å². The lowest BCUT2D eigenvalue weighted by Gasteiger charge is -2.11. The molecule has 7 nitrogen and oxygen atoms in total. The lowest BCUT2D eigenvalue weighted by atomic mass is 10.0. The standard InChI is InChI=1S/C26H23N3O4S2/c1-3-12-32-18-7-11-23-20(14-18)24(17-5-8-19(34-2)9-6-17)25(33-26(30)31)29(23)15-16-4-10-21-22(13-16)28-35-27-21/h4-11,13-14H,3,12,15H2,1-2H3,(H,30,31). The van der Waals surface area contributed by atoms with Crippen molar-refractivity contribution >= 4 is 51.6 Å². The van der Waals surface area contributed by atoms with E-state index in [0.29, 0.717) is 18.7 Å². The van der Waals surface area contributed by atoms with Gasteiger partial charge in [0.25, 0.3) is 0 Å². The molecule has 2 aromatic heterocycles. The van der Waals surface area contributed by atoms with E-state index in [1.165, 1.54) is 11.7 Å². The first-order valence-electron chi connectivity index (χ1n) is 11.1. The van der Waals surface area contributed by atoms with E-state index in [9.17, 15) is 9.90 Å². The number of carboxylic acid groups (broad SMARTS) is 1. The maximum atomic E-state index is 11.8. The quantitative estimate of drug-likeness (QED) is 0.181. The Labute approximate surface area is 210 Å². The molecule has 1 N–H and O–H groups in total. The van der Waals surface area contributed by atoms with E-state index in [4.69, 9.17) is 9.47 Å². The fourth-order valence-electron chi connectivity index (χ4n) is 4.11. The van der Waals surface area contributed by atoms with Gasteiger partial charge in [0.05, 0.1) is 36.0 Å². The fraction of sp³-hybridized carbons (Fsp3) is 0.192. The normalized spacial score (nSPS) is 11.3. The van der Waals surface area contributed by atoms with E-state index in [0.717, 1.165) is 50.1 Å². The van der Waals surface area contributed by atoms with E-state index in [1.54, 1.807) is 11.8 Å². The zero-order valence-electron chi connectivity index (χ0n) is 19.2. The molecule has 0 radical (unpaired) electrons. The Morgan fingerprint density at radius 3 is 2.60 bits per heavy atom. The largest absolute Gasteiger partial charge is 0.512 e. The molecular formula is C26H23N3O4S2. The summed E-state index contributed by atoms with van der Waals surface area (Å²) < 4.78 is 21.8. The number of hydrogen-bond acceptors (Lipinski definition) is 7. The maximum absolute atomic E-state index is 11.8. The fourth-order valence-corrected chi connectivity index (χ4v) is 5.04. The number of carbonyl (C=O) groups is 1. The Bertz CT molecular complexity index is 1510. The van der Waals surface area contributed by atoms with Gasteiger partial charge in [-0.15, -0.1) is 11.8 Å². The summed E-state index contributed by atoms with van der Waals surface area (Å²) in [6.45, 7) is 3.07. The van der Waals surface area contributed by atoms with Crippen LogP contribution in [0.2, 0.25) is 0 Å². The van der Waals surface area contributed by atoms with E-state index in [1.807, 2.05) is 71.5 Å². The number of benzene rings is 3. The summed E-state index contributed by atoms with van der Waals surface area (Å²) in [4.78, 5) is 12.9. The van der Waals surface area contributed by atoms with E-state index >= 15 is 0 Å². The van der Waals surface area contributed by atoms with Crippen LogP contribution in [-0.4, -0.2) is 37.4 Å². The zero-order chi connectivity index (χ0) is 24.4. The molecule has 35 heavy (non-hydrogen) atoms. The molecule has 0 saturated carbocycles. The smallest absolute Gasteiger partial charge is 0.494 e. The van der Waals surface area contributed by atoms with Crippen LogP contribution in [0.5, 0.6) is 11.6 Å². The van der Waals surface area contributed by atoms with Gasteiger partial charge in [-0.1, -0.05) is 25.1 Å². The average Bonchev–Trinajstić information content (AvgIpc) is 3.45. The average molecular weight is 506 g/mol. The number of hydrogen-bond donors (Lipinski definition) is 1. The number of aromatic nitrogens is 3. The molecule has 5 aromatic rings. The van der Waals surface area contributed by atoms with Gasteiger partial charge in [0.15, 0.2) is 0 Å². The van der Waals surface area contributed by atoms with E-state index in [-0.39, 0.29) is 5.88 Å². The van der Waals surface area contributed by atoms with Gasteiger partial charge >= 0.3 is 6.16 Å². The van der Waals surface area contributed by atoms with Gasteiger partial charge in [0.2, 0.25) is 5.88 Å². The first-order valence-corrected chi connectivity index (χ1v) is 13.1. The van der Waals surface area contributed by atoms with Crippen LogP contribution < -0.4 is 9.47 Å². The molecule has 0 aliphatic rings. The van der Waals surface area contributed by atoms with Crippen molar-refractivity contribution in [3.05, 3.63) is 66.2 Å². The minimum atomic E-state index is -1.36. The summed E-state index contributed by atoms with van der Waals surface area (Å²) in [7, 11) is 0. The molecule has 0 aliphatic heterocycles. The van der Waals surface area contributed by atoms with Gasteiger partial charge in [-0.05, 0) is 66.3 Å². The first-order chi connectivity index (χ1) is 17.1. The highest BCUT2D eigenvalue weighted by atomic mass is 32.2. The van der Waals surface area contributed by atoms with Gasteiger partial charge in [0, 0.05) is 10.3 Å². The molecule has 0 atom stereocenters. The summed E-state index contributed by atoms with van der Waals surface area (Å²) in [6.07, 6.45) is 1.55. The molecule has 2 heterocycles. The molecular weight excluding hydrogens is 482 g/mol. The lowest BCUT2D eigenvalue weighted by molar-refractivity contribution is 0.141. The maximum Gasteiger partial charge on any atom is 0.512 e. The zero-order valence-corrected chi connectivity index (χ0v) is 20.9. The predicted octanol–water partition coefficient (Wildman–Crippen LogP) is 6.93. The van der Waals surface area contributed by atoms with Crippen LogP contribution in [0.15, 0.2) is 65.6 Å². The van der Waals surface area contributed by atoms with E-state index in [2.05, 4.69) is 15.7 Å².